The number of rotatable bonds is 10. The lowest BCUT2D eigenvalue weighted by Crippen LogP contribution is -2.32. The number of amides is 2. The van der Waals surface area contributed by atoms with Crippen molar-refractivity contribution >= 4 is 35.0 Å². The van der Waals surface area contributed by atoms with E-state index in [1.165, 1.54) is 31.4 Å². The zero-order valence-electron chi connectivity index (χ0n) is 19.7. The Bertz CT molecular complexity index is 1230. The van der Waals surface area contributed by atoms with E-state index in [0.717, 1.165) is 17.3 Å². The molecule has 0 aliphatic heterocycles. The van der Waals surface area contributed by atoms with E-state index in [4.69, 9.17) is 4.74 Å². The number of ether oxygens (including phenoxy) is 1. The number of aryl methyl sites for hydroxylation is 1. The van der Waals surface area contributed by atoms with Crippen molar-refractivity contribution in [3.63, 3.8) is 0 Å². The molecule has 184 valence electrons. The maximum atomic E-state index is 12.7. The molecule has 0 bridgehead atoms. The summed E-state index contributed by atoms with van der Waals surface area (Å²) < 4.78 is 5.28. The van der Waals surface area contributed by atoms with Gasteiger partial charge in [0, 0.05) is 17.7 Å². The van der Waals surface area contributed by atoms with Gasteiger partial charge < -0.3 is 15.4 Å². The number of aromatic amines is 1. The zero-order chi connectivity index (χ0) is 25.5. The van der Waals surface area contributed by atoms with Gasteiger partial charge in [-0.1, -0.05) is 37.7 Å². The number of anilines is 1. The van der Waals surface area contributed by atoms with Crippen LogP contribution in [-0.2, 0) is 4.79 Å². The maximum absolute atomic E-state index is 12.7. The molecule has 0 fully saturated rings. The van der Waals surface area contributed by atoms with E-state index in [9.17, 15) is 19.7 Å². The summed E-state index contributed by atoms with van der Waals surface area (Å²) in [5.74, 6) is 0.283. The highest BCUT2D eigenvalue weighted by atomic mass is 32.2. The summed E-state index contributed by atoms with van der Waals surface area (Å²) in [5, 5.41) is 24.0. The SMILES string of the molecule is COc1ccc(C)cc1NC(=O)CSc1n[nH]c([C@@H](NC(=O)c2cccc([N+](=O)[O-])c2)C(C)C)n1. The number of non-ortho nitro benzene ring substituents is 1. The minimum atomic E-state index is -0.554. The minimum absolute atomic E-state index is 0.0551. The molecular weight excluding hydrogens is 472 g/mol. The van der Waals surface area contributed by atoms with Crippen LogP contribution in [-0.4, -0.2) is 44.8 Å². The number of nitro groups is 1. The molecule has 1 aromatic heterocycles. The van der Waals surface area contributed by atoms with E-state index in [2.05, 4.69) is 25.8 Å². The highest BCUT2D eigenvalue weighted by Crippen LogP contribution is 2.26. The van der Waals surface area contributed by atoms with Crippen molar-refractivity contribution in [1.29, 1.82) is 0 Å². The molecule has 3 rings (SSSR count). The number of carbonyl (C=O) groups is 2. The fourth-order valence-electron chi connectivity index (χ4n) is 3.23. The van der Waals surface area contributed by atoms with Gasteiger partial charge in [0.2, 0.25) is 11.1 Å². The van der Waals surface area contributed by atoms with Gasteiger partial charge in [0.15, 0.2) is 0 Å². The summed E-state index contributed by atoms with van der Waals surface area (Å²) >= 11 is 1.14. The van der Waals surface area contributed by atoms with E-state index < -0.39 is 16.9 Å². The Balaban J connectivity index is 1.64. The maximum Gasteiger partial charge on any atom is 0.270 e. The summed E-state index contributed by atoms with van der Waals surface area (Å²) in [6, 6.07) is 10.5. The van der Waals surface area contributed by atoms with Gasteiger partial charge >= 0.3 is 0 Å². The molecule has 0 unspecified atom stereocenters. The molecule has 0 aliphatic carbocycles. The van der Waals surface area contributed by atoms with Gasteiger partial charge in [-0.25, -0.2) is 4.98 Å². The van der Waals surface area contributed by atoms with Crippen LogP contribution in [0.3, 0.4) is 0 Å². The van der Waals surface area contributed by atoms with Crippen molar-refractivity contribution in [2.75, 3.05) is 18.2 Å². The van der Waals surface area contributed by atoms with Crippen LogP contribution in [0.2, 0.25) is 0 Å². The molecule has 2 aromatic carbocycles. The van der Waals surface area contributed by atoms with Crippen molar-refractivity contribution in [3.05, 3.63) is 69.5 Å². The zero-order valence-corrected chi connectivity index (χ0v) is 20.5. The fourth-order valence-corrected chi connectivity index (χ4v) is 3.84. The van der Waals surface area contributed by atoms with Gasteiger partial charge in [0.25, 0.3) is 11.6 Å². The first kappa shape index (κ1) is 25.7. The van der Waals surface area contributed by atoms with Crippen LogP contribution in [0.4, 0.5) is 11.4 Å². The quantitative estimate of drug-likeness (QED) is 0.216. The summed E-state index contributed by atoms with van der Waals surface area (Å²) in [6.07, 6.45) is 0. The normalized spacial score (nSPS) is 11.7. The van der Waals surface area contributed by atoms with Crippen LogP contribution in [0.15, 0.2) is 47.6 Å². The highest BCUT2D eigenvalue weighted by Gasteiger charge is 2.24. The van der Waals surface area contributed by atoms with Crippen LogP contribution in [0.1, 0.15) is 41.6 Å². The number of aromatic nitrogens is 3. The lowest BCUT2D eigenvalue weighted by molar-refractivity contribution is -0.384. The molecule has 3 N–H and O–H groups in total. The Kier molecular flexibility index (Phi) is 8.42. The van der Waals surface area contributed by atoms with Crippen molar-refractivity contribution in [3.8, 4) is 5.75 Å². The molecule has 0 aliphatic rings. The Morgan fingerprint density at radius 3 is 2.69 bits per heavy atom. The summed E-state index contributed by atoms with van der Waals surface area (Å²) in [4.78, 5) is 40.0. The standard InChI is InChI=1S/C23H26N6O5S/c1-13(2)20(25-22(31)15-6-5-7-16(11-15)29(32)33)21-26-23(28-27-21)35-12-19(30)24-17-10-14(3)8-9-18(17)34-4/h5-11,13,20H,12H2,1-4H3,(H,24,30)(H,25,31)(H,26,27,28)/t20-/m0/s1. The Hall–Kier alpha value is -3.93. The number of hydrogen-bond acceptors (Lipinski definition) is 8. The van der Waals surface area contributed by atoms with Crippen LogP contribution < -0.4 is 15.4 Å². The van der Waals surface area contributed by atoms with Crippen molar-refractivity contribution in [2.45, 2.75) is 32.0 Å². The Labute approximate surface area is 206 Å². The number of H-pyrrole nitrogens is 1. The first-order valence-corrected chi connectivity index (χ1v) is 11.7. The number of nitrogens with one attached hydrogen (secondary N) is 3. The molecule has 0 radical (unpaired) electrons. The predicted octanol–water partition coefficient (Wildman–Crippen LogP) is 3.89. The average Bonchev–Trinajstić information content (AvgIpc) is 3.29. The van der Waals surface area contributed by atoms with Gasteiger partial charge in [0.05, 0.1) is 29.5 Å². The number of hydrogen-bond donors (Lipinski definition) is 3. The second-order valence-electron chi connectivity index (χ2n) is 8.05. The molecule has 0 saturated carbocycles. The summed E-state index contributed by atoms with van der Waals surface area (Å²) in [5.41, 5.74) is 1.57. The monoisotopic (exact) mass is 498 g/mol. The molecule has 1 atom stereocenters. The van der Waals surface area contributed by atoms with Gasteiger partial charge in [-0.05, 0) is 36.6 Å². The van der Waals surface area contributed by atoms with E-state index >= 15 is 0 Å². The Morgan fingerprint density at radius 1 is 1.23 bits per heavy atom. The third-order valence-corrected chi connectivity index (χ3v) is 5.86. The van der Waals surface area contributed by atoms with Gasteiger partial charge in [-0.15, -0.1) is 5.10 Å². The highest BCUT2D eigenvalue weighted by molar-refractivity contribution is 7.99. The third-order valence-electron chi connectivity index (χ3n) is 5.01. The van der Waals surface area contributed by atoms with E-state index in [1.807, 2.05) is 32.9 Å². The molecule has 11 nitrogen and oxygen atoms in total. The van der Waals surface area contributed by atoms with Crippen molar-refractivity contribution < 1.29 is 19.2 Å². The average molecular weight is 499 g/mol. The van der Waals surface area contributed by atoms with Crippen molar-refractivity contribution in [1.82, 2.24) is 20.5 Å². The first-order chi connectivity index (χ1) is 16.7. The van der Waals surface area contributed by atoms with Gasteiger partial charge in [-0.2, -0.15) is 0 Å². The van der Waals surface area contributed by atoms with Crippen LogP contribution >= 0.6 is 11.8 Å². The van der Waals surface area contributed by atoms with Crippen LogP contribution in [0.5, 0.6) is 5.75 Å². The molecule has 0 saturated heterocycles. The van der Waals surface area contributed by atoms with E-state index in [-0.39, 0.29) is 28.8 Å². The van der Waals surface area contributed by atoms with Gasteiger partial charge in [-0.3, -0.25) is 24.8 Å². The second kappa shape index (κ2) is 11.5. The minimum Gasteiger partial charge on any atom is -0.495 e. The molecule has 0 spiro atoms. The largest absolute Gasteiger partial charge is 0.495 e. The molecule has 3 aromatic rings. The third kappa shape index (κ3) is 6.79. The fraction of sp³-hybridized carbons (Fsp3) is 0.304. The number of carbonyl (C=O) groups excluding carboxylic acids is 2. The molecule has 12 heteroatoms. The van der Waals surface area contributed by atoms with E-state index in [1.54, 1.807) is 6.07 Å². The summed E-state index contributed by atoms with van der Waals surface area (Å²) in [6.45, 7) is 5.72. The number of nitro benzene ring substituents is 1. The summed E-state index contributed by atoms with van der Waals surface area (Å²) in [7, 11) is 1.53. The number of nitrogens with zero attached hydrogens (tertiary/aromatic N) is 3. The van der Waals surface area contributed by atoms with Crippen LogP contribution in [0, 0.1) is 23.0 Å². The lowest BCUT2D eigenvalue weighted by atomic mass is 10.0. The van der Waals surface area contributed by atoms with E-state index in [0.29, 0.717) is 22.4 Å². The molecule has 1 heterocycles. The van der Waals surface area contributed by atoms with Crippen LogP contribution in [0.25, 0.3) is 0 Å². The second-order valence-corrected chi connectivity index (χ2v) is 8.99. The van der Waals surface area contributed by atoms with Crippen molar-refractivity contribution in [2.24, 2.45) is 5.92 Å². The number of methoxy groups -OCH3 is 1. The smallest absolute Gasteiger partial charge is 0.270 e. The molecule has 35 heavy (non-hydrogen) atoms. The molecule has 2 amide bonds. The molecular formula is C23H26N6O5S. The number of thioether (sulfide) groups is 1. The van der Waals surface area contributed by atoms with Gasteiger partial charge in [0.1, 0.15) is 11.6 Å². The Morgan fingerprint density at radius 2 is 2.00 bits per heavy atom. The predicted molar refractivity (Wildman–Crippen MR) is 132 cm³/mol. The topological polar surface area (TPSA) is 152 Å². The lowest BCUT2D eigenvalue weighted by Gasteiger charge is -2.19. The first-order valence-electron chi connectivity index (χ1n) is 10.7. The number of benzene rings is 2.